The Morgan fingerprint density at radius 3 is 2.45 bits per heavy atom. The highest BCUT2D eigenvalue weighted by Crippen LogP contribution is 2.25. The van der Waals surface area contributed by atoms with E-state index in [4.69, 9.17) is 0 Å². The Morgan fingerprint density at radius 2 is 1.73 bits per heavy atom. The Balaban J connectivity index is 1.34. The number of anilines is 1. The molecular weight excluding hydrogens is 442 g/mol. The maximum Gasteiger partial charge on any atom is 0.325 e. The number of aromatic nitrogens is 1. The number of para-hydroxylation sites is 2. The van der Waals surface area contributed by atoms with E-state index in [2.05, 4.69) is 15.6 Å². The van der Waals surface area contributed by atoms with Crippen molar-refractivity contribution in [1.82, 2.24) is 19.5 Å². The third-order valence-electron chi connectivity index (χ3n) is 5.41. The zero-order chi connectivity index (χ0) is 23.4. The molecule has 0 unspecified atom stereocenters. The molecule has 2 heterocycles. The van der Waals surface area contributed by atoms with Crippen molar-refractivity contribution in [3.8, 4) is 0 Å². The average molecular weight is 468 g/mol. The number of pyridine rings is 1. The van der Waals surface area contributed by atoms with Gasteiger partial charge in [-0.2, -0.15) is 4.31 Å². The molecule has 2 aromatic carbocycles. The predicted octanol–water partition coefficient (Wildman–Crippen LogP) is 2.20. The molecule has 1 aromatic heterocycles. The van der Waals surface area contributed by atoms with Gasteiger partial charge in [-0.25, -0.2) is 13.2 Å². The summed E-state index contributed by atoms with van der Waals surface area (Å²) in [6.45, 7) is 3.16. The molecule has 172 valence electrons. The number of hydrogen-bond acceptors (Lipinski definition) is 6. The Labute approximate surface area is 192 Å². The fourth-order valence-corrected chi connectivity index (χ4v) is 5.36. The van der Waals surface area contributed by atoms with Gasteiger partial charge in [0.05, 0.1) is 12.1 Å². The zero-order valence-corrected chi connectivity index (χ0v) is 19.0. The van der Waals surface area contributed by atoms with Crippen molar-refractivity contribution in [1.29, 1.82) is 0 Å². The lowest BCUT2D eigenvalue weighted by molar-refractivity contribution is -0.121. The lowest BCUT2D eigenvalue weighted by Crippen LogP contribution is -2.51. The first-order valence-electron chi connectivity index (χ1n) is 10.6. The van der Waals surface area contributed by atoms with Gasteiger partial charge >= 0.3 is 6.03 Å². The summed E-state index contributed by atoms with van der Waals surface area (Å²) in [4.78, 5) is 30.6. The number of nitrogens with zero attached hydrogens (tertiary/aromatic N) is 3. The third-order valence-corrected chi connectivity index (χ3v) is 7.34. The number of sulfonamides is 1. The molecule has 0 atom stereocenters. The molecule has 0 bridgehead atoms. The molecule has 1 aliphatic heterocycles. The van der Waals surface area contributed by atoms with Crippen LogP contribution in [0.3, 0.4) is 0 Å². The van der Waals surface area contributed by atoms with Crippen molar-refractivity contribution in [2.24, 2.45) is 0 Å². The standard InChI is InChI=1S/C23H25N5O4S/c1-17-14-18-6-5-9-20(22(18)24-15-17)33(31,32)28-12-10-27(11-13-28)16-21(29)26-23(30)25-19-7-3-2-4-8-19/h2-9,14-15H,10-13,16H2,1H3,(H2,25,26,29,30). The van der Waals surface area contributed by atoms with Crippen LogP contribution in [0.25, 0.3) is 10.9 Å². The highest BCUT2D eigenvalue weighted by molar-refractivity contribution is 7.89. The van der Waals surface area contributed by atoms with Crippen LogP contribution in [0.5, 0.6) is 0 Å². The van der Waals surface area contributed by atoms with Gasteiger partial charge in [0.1, 0.15) is 4.90 Å². The van der Waals surface area contributed by atoms with Crippen molar-refractivity contribution >= 4 is 38.6 Å². The fraction of sp³-hybridized carbons (Fsp3) is 0.261. The van der Waals surface area contributed by atoms with Gasteiger partial charge in [0.15, 0.2) is 0 Å². The van der Waals surface area contributed by atoms with E-state index in [-0.39, 0.29) is 24.5 Å². The van der Waals surface area contributed by atoms with Crippen LogP contribution in [-0.4, -0.2) is 67.3 Å². The number of hydrogen-bond donors (Lipinski definition) is 2. The summed E-state index contributed by atoms with van der Waals surface area (Å²) in [5.41, 5.74) is 2.00. The number of carbonyl (C=O) groups excluding carboxylic acids is 2. The van der Waals surface area contributed by atoms with E-state index in [0.717, 1.165) is 10.9 Å². The molecule has 1 fully saturated rings. The molecule has 4 rings (SSSR count). The molecule has 0 spiro atoms. The number of carbonyl (C=O) groups is 2. The van der Waals surface area contributed by atoms with Gasteiger partial charge in [-0.15, -0.1) is 0 Å². The fourth-order valence-electron chi connectivity index (χ4n) is 3.77. The molecular formula is C23H25N5O4S. The summed E-state index contributed by atoms with van der Waals surface area (Å²) in [5, 5.41) is 5.67. The molecule has 3 aromatic rings. The van der Waals surface area contributed by atoms with Crippen molar-refractivity contribution in [2.45, 2.75) is 11.8 Å². The molecule has 1 aliphatic rings. The van der Waals surface area contributed by atoms with E-state index in [0.29, 0.717) is 24.3 Å². The number of urea groups is 1. The van der Waals surface area contributed by atoms with Gasteiger partial charge in [0, 0.05) is 43.4 Å². The smallest absolute Gasteiger partial charge is 0.308 e. The number of nitrogens with one attached hydrogen (secondary N) is 2. The SMILES string of the molecule is Cc1cnc2c(S(=O)(=O)N3CCN(CC(=O)NC(=O)Nc4ccccc4)CC3)cccc2c1. The molecule has 10 heteroatoms. The summed E-state index contributed by atoms with van der Waals surface area (Å²) >= 11 is 0. The lowest BCUT2D eigenvalue weighted by Gasteiger charge is -2.33. The minimum atomic E-state index is -3.73. The number of aryl methyl sites for hydroxylation is 1. The molecule has 3 amide bonds. The predicted molar refractivity (Wildman–Crippen MR) is 125 cm³/mol. The number of fused-ring (bicyclic) bond motifs is 1. The van der Waals surface area contributed by atoms with E-state index in [1.165, 1.54) is 4.31 Å². The van der Waals surface area contributed by atoms with E-state index in [1.54, 1.807) is 42.6 Å². The van der Waals surface area contributed by atoms with Crippen LogP contribution in [0.15, 0.2) is 65.7 Å². The van der Waals surface area contributed by atoms with Gasteiger partial charge < -0.3 is 5.32 Å². The monoisotopic (exact) mass is 467 g/mol. The summed E-state index contributed by atoms with van der Waals surface area (Å²) < 4.78 is 28.0. The first-order chi connectivity index (χ1) is 15.8. The first-order valence-corrected chi connectivity index (χ1v) is 12.0. The van der Waals surface area contributed by atoms with Crippen molar-refractivity contribution in [2.75, 3.05) is 38.0 Å². The van der Waals surface area contributed by atoms with E-state index in [9.17, 15) is 18.0 Å². The second-order valence-electron chi connectivity index (χ2n) is 7.89. The zero-order valence-electron chi connectivity index (χ0n) is 18.2. The van der Waals surface area contributed by atoms with Crippen molar-refractivity contribution < 1.29 is 18.0 Å². The molecule has 1 saturated heterocycles. The van der Waals surface area contributed by atoms with E-state index < -0.39 is 22.0 Å². The molecule has 2 N–H and O–H groups in total. The number of imide groups is 1. The second kappa shape index (κ2) is 9.65. The Morgan fingerprint density at radius 1 is 1.00 bits per heavy atom. The third kappa shape index (κ3) is 5.36. The Bertz CT molecular complexity index is 1270. The van der Waals surface area contributed by atoms with Crippen LogP contribution in [-0.2, 0) is 14.8 Å². The topological polar surface area (TPSA) is 112 Å². The quantitative estimate of drug-likeness (QED) is 0.595. The van der Waals surface area contributed by atoms with Crippen LogP contribution < -0.4 is 10.6 Å². The number of amides is 3. The maximum absolute atomic E-state index is 13.3. The molecule has 33 heavy (non-hydrogen) atoms. The van der Waals surface area contributed by atoms with Crippen LogP contribution in [0, 0.1) is 6.92 Å². The molecule has 0 radical (unpaired) electrons. The minimum Gasteiger partial charge on any atom is -0.308 e. The van der Waals surface area contributed by atoms with Crippen LogP contribution >= 0.6 is 0 Å². The molecule has 0 saturated carbocycles. The van der Waals surface area contributed by atoms with Crippen molar-refractivity contribution in [3.05, 3.63) is 66.4 Å². The maximum atomic E-state index is 13.3. The van der Waals surface area contributed by atoms with Crippen LogP contribution in [0.2, 0.25) is 0 Å². The molecule has 0 aliphatic carbocycles. The second-order valence-corrected chi connectivity index (χ2v) is 9.80. The summed E-state index contributed by atoms with van der Waals surface area (Å²) in [7, 11) is -3.73. The highest BCUT2D eigenvalue weighted by atomic mass is 32.2. The van der Waals surface area contributed by atoms with Gasteiger partial charge in [0.2, 0.25) is 15.9 Å². The Kier molecular flexibility index (Phi) is 6.68. The minimum absolute atomic E-state index is 0.00516. The van der Waals surface area contributed by atoms with E-state index in [1.807, 2.05) is 30.0 Å². The number of benzene rings is 2. The number of piperazine rings is 1. The van der Waals surface area contributed by atoms with Gasteiger partial charge in [-0.05, 0) is 36.8 Å². The van der Waals surface area contributed by atoms with Crippen LogP contribution in [0.4, 0.5) is 10.5 Å². The van der Waals surface area contributed by atoms with E-state index >= 15 is 0 Å². The van der Waals surface area contributed by atoms with Crippen LogP contribution in [0.1, 0.15) is 5.56 Å². The average Bonchev–Trinajstić information content (AvgIpc) is 2.79. The lowest BCUT2D eigenvalue weighted by atomic mass is 10.2. The molecule has 9 nitrogen and oxygen atoms in total. The number of rotatable bonds is 5. The highest BCUT2D eigenvalue weighted by Gasteiger charge is 2.30. The summed E-state index contributed by atoms with van der Waals surface area (Å²) in [6, 6.07) is 15.3. The first kappa shape index (κ1) is 22.8. The van der Waals surface area contributed by atoms with Crippen molar-refractivity contribution in [3.63, 3.8) is 0 Å². The van der Waals surface area contributed by atoms with Gasteiger partial charge in [0.25, 0.3) is 0 Å². The summed E-state index contributed by atoms with van der Waals surface area (Å²) in [5.74, 6) is -0.451. The Hall–Kier alpha value is -3.34. The normalized spacial score (nSPS) is 15.3. The summed E-state index contributed by atoms with van der Waals surface area (Å²) in [6.07, 6.45) is 1.66. The van der Waals surface area contributed by atoms with Gasteiger partial charge in [-0.3, -0.25) is 20.0 Å². The largest absolute Gasteiger partial charge is 0.325 e. The van der Waals surface area contributed by atoms with Gasteiger partial charge in [-0.1, -0.05) is 30.3 Å².